The van der Waals surface area contributed by atoms with Gasteiger partial charge in [-0.25, -0.2) is 4.68 Å². The van der Waals surface area contributed by atoms with Gasteiger partial charge in [-0.15, -0.1) is 0 Å². The Bertz CT molecular complexity index is 881. The molecule has 4 nitrogen and oxygen atoms in total. The summed E-state index contributed by atoms with van der Waals surface area (Å²) in [6.07, 6.45) is 1.19. The number of aromatic nitrogens is 2. The molecule has 0 aliphatic rings. The molecule has 2 aromatic carbocycles. The van der Waals surface area contributed by atoms with Crippen molar-refractivity contribution < 1.29 is 4.79 Å². The molecule has 0 aliphatic heterocycles. The van der Waals surface area contributed by atoms with Gasteiger partial charge in [-0.3, -0.25) is 4.79 Å². The van der Waals surface area contributed by atoms with Crippen LogP contribution in [-0.4, -0.2) is 15.7 Å². The van der Waals surface area contributed by atoms with Gasteiger partial charge in [0.05, 0.1) is 22.8 Å². The summed E-state index contributed by atoms with van der Waals surface area (Å²) >= 11 is 0. The van der Waals surface area contributed by atoms with Gasteiger partial charge in [0.25, 0.3) is 0 Å². The molecule has 1 aromatic heterocycles. The number of hydrogen-bond donors (Lipinski definition) is 1. The number of nitrogens with one attached hydrogen (secondary N) is 1. The lowest BCUT2D eigenvalue weighted by Gasteiger charge is -2.07. The first-order valence-electron chi connectivity index (χ1n) is 8.51. The predicted octanol–water partition coefficient (Wildman–Crippen LogP) is 4.37. The Morgan fingerprint density at radius 3 is 2.52 bits per heavy atom. The first kappa shape index (κ1) is 17.0. The molecule has 0 unspecified atom stereocenters. The average molecular weight is 333 g/mol. The molecule has 0 saturated carbocycles. The maximum atomic E-state index is 12.4. The van der Waals surface area contributed by atoms with E-state index >= 15 is 0 Å². The summed E-state index contributed by atoms with van der Waals surface area (Å²) in [4.78, 5) is 12.4. The number of carbonyl (C=O) groups excluding carboxylic acids is 1. The van der Waals surface area contributed by atoms with Crippen molar-refractivity contribution in [3.63, 3.8) is 0 Å². The van der Waals surface area contributed by atoms with Crippen molar-refractivity contribution in [2.75, 3.05) is 5.32 Å². The number of carbonyl (C=O) groups is 1. The van der Waals surface area contributed by atoms with Crippen molar-refractivity contribution in [3.05, 3.63) is 77.1 Å². The van der Waals surface area contributed by atoms with Gasteiger partial charge < -0.3 is 5.32 Å². The third-order valence-corrected chi connectivity index (χ3v) is 4.28. The molecule has 128 valence electrons. The molecule has 0 aliphatic carbocycles. The maximum absolute atomic E-state index is 12.4. The number of benzene rings is 2. The van der Waals surface area contributed by atoms with Crippen LogP contribution < -0.4 is 5.32 Å². The van der Waals surface area contributed by atoms with Gasteiger partial charge in [0.15, 0.2) is 0 Å². The van der Waals surface area contributed by atoms with Crippen molar-refractivity contribution in [1.29, 1.82) is 0 Å². The van der Waals surface area contributed by atoms with Crippen LogP contribution >= 0.6 is 0 Å². The average Bonchev–Trinajstić information content (AvgIpc) is 2.89. The van der Waals surface area contributed by atoms with E-state index in [1.54, 1.807) is 0 Å². The summed E-state index contributed by atoms with van der Waals surface area (Å²) in [5.41, 5.74) is 5.96. The normalized spacial score (nSPS) is 10.7. The quantitative estimate of drug-likeness (QED) is 0.754. The monoisotopic (exact) mass is 333 g/mol. The summed E-state index contributed by atoms with van der Waals surface area (Å²) in [6, 6.07) is 18.2. The van der Waals surface area contributed by atoms with Crippen molar-refractivity contribution >= 4 is 11.6 Å². The maximum Gasteiger partial charge on any atom is 0.224 e. The SMILES string of the molecule is Cc1cccc(CCC(=O)Nc2c(C)nn(-c3ccccc3)c2C)c1. The Hall–Kier alpha value is -2.88. The molecule has 3 rings (SSSR count). The van der Waals surface area contributed by atoms with E-state index in [0.717, 1.165) is 29.2 Å². The van der Waals surface area contributed by atoms with Crippen LogP contribution in [0.3, 0.4) is 0 Å². The van der Waals surface area contributed by atoms with Gasteiger partial charge >= 0.3 is 0 Å². The van der Waals surface area contributed by atoms with Crippen LogP contribution in [0, 0.1) is 20.8 Å². The van der Waals surface area contributed by atoms with E-state index in [9.17, 15) is 4.79 Å². The van der Waals surface area contributed by atoms with E-state index in [0.29, 0.717) is 6.42 Å². The molecular weight excluding hydrogens is 310 g/mol. The number of amides is 1. The second kappa shape index (κ2) is 7.34. The van der Waals surface area contributed by atoms with E-state index < -0.39 is 0 Å². The lowest BCUT2D eigenvalue weighted by Crippen LogP contribution is -2.13. The molecule has 25 heavy (non-hydrogen) atoms. The van der Waals surface area contributed by atoms with E-state index in [1.165, 1.54) is 11.1 Å². The molecule has 0 saturated heterocycles. The fraction of sp³-hybridized carbons (Fsp3) is 0.238. The highest BCUT2D eigenvalue weighted by Crippen LogP contribution is 2.23. The number of aryl methyl sites for hydroxylation is 3. The van der Waals surface area contributed by atoms with E-state index in [4.69, 9.17) is 0 Å². The number of rotatable bonds is 5. The zero-order chi connectivity index (χ0) is 17.8. The van der Waals surface area contributed by atoms with Gasteiger partial charge in [0.2, 0.25) is 5.91 Å². The molecule has 4 heteroatoms. The van der Waals surface area contributed by atoms with Crippen molar-refractivity contribution in [2.24, 2.45) is 0 Å². The third kappa shape index (κ3) is 3.97. The number of anilines is 1. The second-order valence-corrected chi connectivity index (χ2v) is 6.33. The van der Waals surface area contributed by atoms with Gasteiger partial charge in [0, 0.05) is 6.42 Å². The van der Waals surface area contributed by atoms with Crippen LogP contribution in [0.4, 0.5) is 5.69 Å². The zero-order valence-corrected chi connectivity index (χ0v) is 14.9. The Labute approximate surface area is 148 Å². The number of para-hydroxylation sites is 1. The number of hydrogen-bond acceptors (Lipinski definition) is 2. The summed E-state index contributed by atoms with van der Waals surface area (Å²) in [5.74, 6) is 0.0142. The molecule has 1 amide bonds. The van der Waals surface area contributed by atoms with Gasteiger partial charge in [-0.2, -0.15) is 5.10 Å². The largest absolute Gasteiger partial charge is 0.323 e. The Balaban J connectivity index is 1.70. The smallest absolute Gasteiger partial charge is 0.224 e. The third-order valence-electron chi connectivity index (χ3n) is 4.28. The summed E-state index contributed by atoms with van der Waals surface area (Å²) in [6.45, 7) is 5.96. The highest BCUT2D eigenvalue weighted by atomic mass is 16.1. The highest BCUT2D eigenvalue weighted by Gasteiger charge is 2.15. The second-order valence-electron chi connectivity index (χ2n) is 6.33. The van der Waals surface area contributed by atoms with Crippen LogP contribution in [0.15, 0.2) is 54.6 Å². The minimum Gasteiger partial charge on any atom is -0.323 e. The lowest BCUT2D eigenvalue weighted by atomic mass is 10.1. The zero-order valence-electron chi connectivity index (χ0n) is 14.9. The number of nitrogens with zero attached hydrogens (tertiary/aromatic N) is 2. The van der Waals surface area contributed by atoms with Crippen LogP contribution in [0.1, 0.15) is 28.9 Å². The predicted molar refractivity (Wildman–Crippen MR) is 101 cm³/mol. The van der Waals surface area contributed by atoms with Gasteiger partial charge in [-0.05, 0) is 44.9 Å². The van der Waals surface area contributed by atoms with Crippen molar-refractivity contribution in [2.45, 2.75) is 33.6 Å². The summed E-state index contributed by atoms with van der Waals surface area (Å²) in [7, 11) is 0. The standard InChI is InChI=1S/C21H23N3O/c1-15-8-7-9-18(14-15)12-13-20(25)22-21-16(2)23-24(17(21)3)19-10-5-4-6-11-19/h4-11,14H,12-13H2,1-3H3,(H,22,25). The highest BCUT2D eigenvalue weighted by molar-refractivity contribution is 5.92. The topological polar surface area (TPSA) is 46.9 Å². The van der Waals surface area contributed by atoms with Crippen LogP contribution in [0.5, 0.6) is 0 Å². The molecule has 0 radical (unpaired) electrons. The molecular formula is C21H23N3O. The molecule has 1 heterocycles. The van der Waals surface area contributed by atoms with Crippen LogP contribution in [-0.2, 0) is 11.2 Å². The van der Waals surface area contributed by atoms with Gasteiger partial charge in [-0.1, -0.05) is 48.0 Å². The Kier molecular flexibility index (Phi) is 4.98. The van der Waals surface area contributed by atoms with Crippen molar-refractivity contribution in [1.82, 2.24) is 9.78 Å². The molecule has 0 spiro atoms. The van der Waals surface area contributed by atoms with Crippen molar-refractivity contribution in [3.8, 4) is 5.69 Å². The summed E-state index contributed by atoms with van der Waals surface area (Å²) < 4.78 is 1.87. The fourth-order valence-corrected chi connectivity index (χ4v) is 2.97. The van der Waals surface area contributed by atoms with E-state index in [2.05, 4.69) is 35.5 Å². The van der Waals surface area contributed by atoms with Crippen LogP contribution in [0.25, 0.3) is 5.69 Å². The van der Waals surface area contributed by atoms with Crippen LogP contribution in [0.2, 0.25) is 0 Å². The van der Waals surface area contributed by atoms with E-state index in [1.807, 2.05) is 54.9 Å². The van der Waals surface area contributed by atoms with E-state index in [-0.39, 0.29) is 5.91 Å². The minimum atomic E-state index is 0.0142. The molecule has 0 atom stereocenters. The first-order valence-corrected chi connectivity index (χ1v) is 8.51. The molecule has 0 bridgehead atoms. The fourth-order valence-electron chi connectivity index (χ4n) is 2.97. The lowest BCUT2D eigenvalue weighted by molar-refractivity contribution is -0.116. The first-order chi connectivity index (χ1) is 12.0. The Morgan fingerprint density at radius 2 is 1.80 bits per heavy atom. The molecule has 0 fully saturated rings. The summed E-state index contributed by atoms with van der Waals surface area (Å²) in [5, 5.41) is 7.60. The Morgan fingerprint density at radius 1 is 1.04 bits per heavy atom. The minimum absolute atomic E-state index is 0.0142. The van der Waals surface area contributed by atoms with Gasteiger partial charge in [0.1, 0.15) is 0 Å². The molecule has 1 N–H and O–H groups in total. The molecule has 3 aromatic rings.